The SMILES string of the molecule is CCNC(CC)C(C)c1nc(C2(C)CC2)no1. The summed E-state index contributed by atoms with van der Waals surface area (Å²) >= 11 is 0. The van der Waals surface area contributed by atoms with Gasteiger partial charge >= 0.3 is 0 Å². The largest absolute Gasteiger partial charge is 0.339 e. The second kappa shape index (κ2) is 4.77. The average molecular weight is 237 g/mol. The minimum atomic E-state index is 0.196. The van der Waals surface area contributed by atoms with Crippen molar-refractivity contribution in [2.24, 2.45) is 0 Å². The van der Waals surface area contributed by atoms with Crippen LogP contribution in [-0.4, -0.2) is 22.7 Å². The molecule has 2 atom stereocenters. The van der Waals surface area contributed by atoms with Gasteiger partial charge in [0.25, 0.3) is 0 Å². The van der Waals surface area contributed by atoms with Gasteiger partial charge in [-0.2, -0.15) is 4.98 Å². The molecule has 0 spiro atoms. The highest BCUT2D eigenvalue weighted by Gasteiger charge is 2.44. The van der Waals surface area contributed by atoms with Crippen LogP contribution in [0.3, 0.4) is 0 Å². The van der Waals surface area contributed by atoms with Gasteiger partial charge < -0.3 is 9.84 Å². The summed E-state index contributed by atoms with van der Waals surface area (Å²) in [6.45, 7) is 9.64. The summed E-state index contributed by atoms with van der Waals surface area (Å²) in [6.07, 6.45) is 3.44. The lowest BCUT2D eigenvalue weighted by molar-refractivity contribution is 0.318. The van der Waals surface area contributed by atoms with Crippen molar-refractivity contribution in [1.82, 2.24) is 15.5 Å². The number of hydrogen-bond donors (Lipinski definition) is 1. The lowest BCUT2D eigenvalue weighted by Crippen LogP contribution is -2.33. The van der Waals surface area contributed by atoms with E-state index >= 15 is 0 Å². The highest BCUT2D eigenvalue weighted by atomic mass is 16.5. The van der Waals surface area contributed by atoms with Gasteiger partial charge in [0.2, 0.25) is 5.89 Å². The summed E-state index contributed by atoms with van der Waals surface area (Å²) in [4.78, 5) is 4.58. The quantitative estimate of drug-likeness (QED) is 0.826. The number of nitrogens with one attached hydrogen (secondary N) is 1. The summed E-state index contributed by atoms with van der Waals surface area (Å²) in [6, 6.07) is 0.417. The first-order valence-electron chi connectivity index (χ1n) is 6.68. The third-order valence-electron chi connectivity index (χ3n) is 3.88. The summed E-state index contributed by atoms with van der Waals surface area (Å²) in [5, 5.41) is 7.60. The molecule has 1 aliphatic rings. The van der Waals surface area contributed by atoms with E-state index in [0.29, 0.717) is 6.04 Å². The first-order chi connectivity index (χ1) is 8.10. The van der Waals surface area contributed by atoms with Crippen molar-refractivity contribution in [1.29, 1.82) is 0 Å². The van der Waals surface area contributed by atoms with Gasteiger partial charge in [0.15, 0.2) is 5.82 Å². The number of likely N-dealkylation sites (N-methyl/N-ethyl adjacent to an activating group) is 1. The molecule has 0 saturated heterocycles. The molecule has 0 aromatic carbocycles. The Kier molecular flexibility index (Phi) is 3.52. The molecule has 0 bridgehead atoms. The maximum atomic E-state index is 5.42. The van der Waals surface area contributed by atoms with Crippen LogP contribution in [0.2, 0.25) is 0 Å². The number of rotatable bonds is 6. The van der Waals surface area contributed by atoms with Crippen molar-refractivity contribution in [2.45, 2.75) is 64.3 Å². The van der Waals surface area contributed by atoms with Crippen LogP contribution in [0.25, 0.3) is 0 Å². The van der Waals surface area contributed by atoms with Gasteiger partial charge in [-0.05, 0) is 25.8 Å². The Morgan fingerprint density at radius 2 is 2.12 bits per heavy atom. The van der Waals surface area contributed by atoms with E-state index in [9.17, 15) is 0 Å². The molecular formula is C13H23N3O. The van der Waals surface area contributed by atoms with Gasteiger partial charge in [0.05, 0.1) is 5.92 Å². The van der Waals surface area contributed by atoms with Crippen molar-refractivity contribution < 1.29 is 4.52 Å². The van der Waals surface area contributed by atoms with Gasteiger partial charge in [-0.3, -0.25) is 0 Å². The van der Waals surface area contributed by atoms with Gasteiger partial charge in [0.1, 0.15) is 0 Å². The summed E-state index contributed by atoms with van der Waals surface area (Å²) in [5.74, 6) is 1.95. The lowest BCUT2D eigenvalue weighted by atomic mass is 9.99. The molecule has 4 nitrogen and oxygen atoms in total. The van der Waals surface area contributed by atoms with Crippen LogP contribution < -0.4 is 5.32 Å². The molecule has 1 aliphatic carbocycles. The molecule has 0 aliphatic heterocycles. The zero-order valence-electron chi connectivity index (χ0n) is 11.3. The summed E-state index contributed by atoms with van der Waals surface area (Å²) in [7, 11) is 0. The van der Waals surface area contributed by atoms with Crippen molar-refractivity contribution >= 4 is 0 Å². The van der Waals surface area contributed by atoms with E-state index in [2.05, 4.69) is 43.2 Å². The number of hydrogen-bond acceptors (Lipinski definition) is 4. The van der Waals surface area contributed by atoms with Crippen LogP contribution in [0.4, 0.5) is 0 Å². The third-order valence-corrected chi connectivity index (χ3v) is 3.88. The Bertz CT molecular complexity index is 370. The van der Waals surface area contributed by atoms with E-state index in [1.54, 1.807) is 0 Å². The van der Waals surface area contributed by atoms with Crippen LogP contribution in [0.15, 0.2) is 4.52 Å². The predicted molar refractivity (Wildman–Crippen MR) is 67.1 cm³/mol. The van der Waals surface area contributed by atoms with Crippen molar-refractivity contribution in [3.05, 3.63) is 11.7 Å². The monoisotopic (exact) mass is 237 g/mol. The lowest BCUT2D eigenvalue weighted by Gasteiger charge is -2.20. The minimum absolute atomic E-state index is 0.196. The van der Waals surface area contributed by atoms with Crippen molar-refractivity contribution in [3.8, 4) is 0 Å². The molecule has 1 N–H and O–H groups in total. The Hall–Kier alpha value is -0.900. The Morgan fingerprint density at radius 1 is 1.41 bits per heavy atom. The standard InChI is InChI=1S/C13H23N3O/c1-5-10(14-6-2)9(3)11-15-12(16-17-11)13(4)7-8-13/h9-10,14H,5-8H2,1-4H3. The van der Waals surface area contributed by atoms with Gasteiger partial charge in [0, 0.05) is 11.5 Å². The molecule has 4 heteroatoms. The fraction of sp³-hybridized carbons (Fsp3) is 0.846. The van der Waals surface area contributed by atoms with Crippen molar-refractivity contribution in [3.63, 3.8) is 0 Å². The normalized spacial score (nSPS) is 21.2. The van der Waals surface area contributed by atoms with Gasteiger partial charge in [-0.25, -0.2) is 0 Å². The number of nitrogens with zero attached hydrogens (tertiary/aromatic N) is 2. The van der Waals surface area contributed by atoms with E-state index in [-0.39, 0.29) is 11.3 Å². The first kappa shape index (κ1) is 12.6. The smallest absolute Gasteiger partial charge is 0.231 e. The van der Waals surface area contributed by atoms with Crippen LogP contribution >= 0.6 is 0 Å². The molecule has 1 saturated carbocycles. The Balaban J connectivity index is 2.08. The second-order valence-electron chi connectivity index (χ2n) is 5.38. The zero-order chi connectivity index (χ0) is 12.5. The first-order valence-corrected chi connectivity index (χ1v) is 6.68. The van der Waals surface area contributed by atoms with Crippen LogP contribution in [0, 0.1) is 0 Å². The Morgan fingerprint density at radius 3 is 2.65 bits per heavy atom. The topological polar surface area (TPSA) is 51.0 Å². The average Bonchev–Trinajstić information content (AvgIpc) is 2.90. The van der Waals surface area contributed by atoms with Crippen molar-refractivity contribution in [2.75, 3.05) is 6.54 Å². The summed E-state index contributed by atoms with van der Waals surface area (Å²) in [5.41, 5.74) is 0.196. The molecule has 1 aromatic rings. The molecule has 2 unspecified atom stereocenters. The molecular weight excluding hydrogens is 214 g/mol. The number of aromatic nitrogens is 2. The maximum absolute atomic E-state index is 5.42. The van der Waals surface area contributed by atoms with E-state index in [0.717, 1.165) is 24.7 Å². The second-order valence-corrected chi connectivity index (χ2v) is 5.38. The third kappa shape index (κ3) is 2.51. The van der Waals surface area contributed by atoms with E-state index < -0.39 is 0 Å². The molecule has 0 radical (unpaired) electrons. The maximum Gasteiger partial charge on any atom is 0.231 e. The molecule has 17 heavy (non-hydrogen) atoms. The molecule has 1 fully saturated rings. The molecule has 1 aromatic heterocycles. The molecule has 2 rings (SSSR count). The minimum Gasteiger partial charge on any atom is -0.339 e. The Labute approximate surface area is 103 Å². The van der Waals surface area contributed by atoms with Gasteiger partial charge in [-0.1, -0.05) is 32.9 Å². The molecule has 1 heterocycles. The molecule has 96 valence electrons. The zero-order valence-corrected chi connectivity index (χ0v) is 11.3. The molecule has 0 amide bonds. The van der Waals surface area contributed by atoms with E-state index in [4.69, 9.17) is 4.52 Å². The highest BCUT2D eigenvalue weighted by Crippen LogP contribution is 2.46. The van der Waals surface area contributed by atoms with E-state index in [1.165, 1.54) is 12.8 Å². The van der Waals surface area contributed by atoms with Crippen LogP contribution in [-0.2, 0) is 5.41 Å². The fourth-order valence-electron chi connectivity index (χ4n) is 2.19. The summed E-state index contributed by atoms with van der Waals surface area (Å²) < 4.78 is 5.42. The van der Waals surface area contributed by atoms with E-state index in [1.807, 2.05) is 0 Å². The van der Waals surface area contributed by atoms with Crippen LogP contribution in [0.5, 0.6) is 0 Å². The highest BCUT2D eigenvalue weighted by molar-refractivity contribution is 5.15. The van der Waals surface area contributed by atoms with Crippen LogP contribution in [0.1, 0.15) is 64.6 Å². The predicted octanol–water partition coefficient (Wildman–Crippen LogP) is 2.61. The fourth-order valence-corrected chi connectivity index (χ4v) is 2.19. The van der Waals surface area contributed by atoms with Gasteiger partial charge in [-0.15, -0.1) is 0 Å².